The molecule has 0 aliphatic carbocycles. The molecule has 2 aromatic rings. The van der Waals surface area contributed by atoms with E-state index in [1.54, 1.807) is 42.5 Å². The van der Waals surface area contributed by atoms with Gasteiger partial charge in [0.1, 0.15) is 12.4 Å². The molecule has 0 spiro atoms. The fourth-order valence-corrected chi connectivity index (χ4v) is 2.37. The summed E-state index contributed by atoms with van der Waals surface area (Å²) in [7, 11) is 0. The number of nitrogens with one attached hydrogen (secondary N) is 2. The molecule has 0 aliphatic heterocycles. The van der Waals surface area contributed by atoms with E-state index in [-0.39, 0.29) is 6.54 Å². The summed E-state index contributed by atoms with van der Waals surface area (Å²) >= 11 is 12.0. The third-order valence-electron chi connectivity index (χ3n) is 3.28. The molecule has 6 nitrogen and oxygen atoms in total. The number of carbonyl (C=O) groups is 2. The van der Waals surface area contributed by atoms with Crippen LogP contribution in [0.2, 0.25) is 10.0 Å². The molecule has 8 heteroatoms. The molecule has 27 heavy (non-hydrogen) atoms. The number of rotatable bonds is 7. The summed E-state index contributed by atoms with van der Waals surface area (Å²) in [6.45, 7) is 3.95. The van der Waals surface area contributed by atoms with Crippen molar-refractivity contribution < 1.29 is 14.3 Å². The molecular formula is C19H17Cl2N3O3. The predicted molar refractivity (Wildman–Crippen MR) is 106 cm³/mol. The number of hydrazone groups is 1. The summed E-state index contributed by atoms with van der Waals surface area (Å²) in [6.07, 6.45) is 2.89. The van der Waals surface area contributed by atoms with E-state index in [9.17, 15) is 9.59 Å². The Morgan fingerprint density at radius 1 is 1.11 bits per heavy atom. The normalized spacial score (nSPS) is 10.4. The molecule has 2 amide bonds. The van der Waals surface area contributed by atoms with Crippen LogP contribution >= 0.6 is 23.2 Å². The molecule has 0 radical (unpaired) electrons. The average Bonchev–Trinajstić information content (AvgIpc) is 2.66. The second-order valence-electron chi connectivity index (χ2n) is 5.29. The van der Waals surface area contributed by atoms with Gasteiger partial charge in [0.05, 0.1) is 6.21 Å². The summed E-state index contributed by atoms with van der Waals surface area (Å²) in [5.74, 6) is -0.990. The molecule has 140 valence electrons. The zero-order valence-electron chi connectivity index (χ0n) is 14.2. The summed E-state index contributed by atoms with van der Waals surface area (Å²) in [5.41, 5.74) is 3.68. The lowest BCUT2D eigenvalue weighted by molar-refractivity contribution is -0.139. The van der Waals surface area contributed by atoms with Gasteiger partial charge in [-0.15, -0.1) is 6.58 Å². The van der Waals surface area contributed by atoms with E-state index in [2.05, 4.69) is 22.4 Å². The fourth-order valence-electron chi connectivity index (χ4n) is 1.91. The number of hydrogen-bond acceptors (Lipinski definition) is 4. The number of amides is 2. The van der Waals surface area contributed by atoms with Gasteiger partial charge in [0, 0.05) is 22.2 Å². The maximum atomic E-state index is 11.5. The van der Waals surface area contributed by atoms with Crippen molar-refractivity contribution in [3.63, 3.8) is 0 Å². The second kappa shape index (κ2) is 10.4. The fraction of sp³-hybridized carbons (Fsp3) is 0.105. The van der Waals surface area contributed by atoms with Gasteiger partial charge in [-0.2, -0.15) is 5.10 Å². The average molecular weight is 406 g/mol. The number of benzene rings is 2. The Hall–Kier alpha value is -2.83. The molecule has 0 atom stereocenters. The summed E-state index contributed by atoms with van der Waals surface area (Å²) in [5, 5.41) is 7.19. The molecule has 0 fully saturated rings. The molecule has 0 saturated carbocycles. The second-order valence-corrected chi connectivity index (χ2v) is 6.13. The molecule has 0 unspecified atom stereocenters. The number of carbonyl (C=O) groups excluding carboxylic acids is 2. The summed E-state index contributed by atoms with van der Waals surface area (Å²) in [4.78, 5) is 22.8. The summed E-state index contributed by atoms with van der Waals surface area (Å²) < 4.78 is 5.68. The Bertz CT molecular complexity index is 852. The van der Waals surface area contributed by atoms with Crippen LogP contribution in [0.15, 0.2) is 60.2 Å². The molecule has 0 aromatic heterocycles. The van der Waals surface area contributed by atoms with Crippen LogP contribution in [0.4, 0.5) is 0 Å². The van der Waals surface area contributed by atoms with Crippen LogP contribution in [0.1, 0.15) is 11.1 Å². The van der Waals surface area contributed by atoms with Crippen LogP contribution in [0.5, 0.6) is 5.75 Å². The van der Waals surface area contributed by atoms with Crippen molar-refractivity contribution in [3.05, 3.63) is 76.3 Å². The lowest BCUT2D eigenvalue weighted by Crippen LogP contribution is -2.37. The van der Waals surface area contributed by atoms with Crippen LogP contribution in [0, 0.1) is 0 Å². The zero-order chi connectivity index (χ0) is 19.6. The van der Waals surface area contributed by atoms with Crippen molar-refractivity contribution in [1.29, 1.82) is 0 Å². The van der Waals surface area contributed by atoms with Gasteiger partial charge in [0.15, 0.2) is 0 Å². The highest BCUT2D eigenvalue weighted by atomic mass is 35.5. The number of hydrogen-bond donors (Lipinski definition) is 2. The smallest absolute Gasteiger partial charge is 0.329 e. The highest BCUT2D eigenvalue weighted by molar-refractivity contribution is 6.35. The van der Waals surface area contributed by atoms with Crippen LogP contribution in [-0.4, -0.2) is 24.6 Å². The maximum absolute atomic E-state index is 11.5. The van der Waals surface area contributed by atoms with Gasteiger partial charge < -0.3 is 10.1 Å². The highest BCUT2D eigenvalue weighted by Gasteiger charge is 2.10. The lowest BCUT2D eigenvalue weighted by atomic mass is 10.2. The Morgan fingerprint density at radius 3 is 2.52 bits per heavy atom. The molecule has 2 N–H and O–H groups in total. The van der Waals surface area contributed by atoms with E-state index < -0.39 is 11.8 Å². The van der Waals surface area contributed by atoms with Crippen molar-refractivity contribution >= 4 is 41.2 Å². The van der Waals surface area contributed by atoms with Crippen LogP contribution in [0.25, 0.3) is 0 Å². The molecule has 2 rings (SSSR count). The zero-order valence-corrected chi connectivity index (χ0v) is 15.8. The Labute approximate surface area is 166 Å². The Balaban J connectivity index is 1.84. The first-order valence-electron chi connectivity index (χ1n) is 7.88. The largest absolute Gasteiger partial charge is 0.489 e. The maximum Gasteiger partial charge on any atom is 0.329 e. The molecule has 0 heterocycles. The Kier molecular flexibility index (Phi) is 7.85. The number of halogens is 2. The van der Waals surface area contributed by atoms with Gasteiger partial charge >= 0.3 is 11.8 Å². The first-order chi connectivity index (χ1) is 13.0. The summed E-state index contributed by atoms with van der Waals surface area (Å²) in [6, 6.07) is 12.2. The SMILES string of the molecule is C=CCNC(=O)C(=O)N/N=C\c1ccc(OCc2ccc(Cl)cc2Cl)cc1. The first-order valence-corrected chi connectivity index (χ1v) is 8.64. The molecule has 0 saturated heterocycles. The molecule has 0 bridgehead atoms. The van der Waals surface area contributed by atoms with Crippen LogP contribution in [0.3, 0.4) is 0 Å². The van der Waals surface area contributed by atoms with Gasteiger partial charge in [0.2, 0.25) is 0 Å². The van der Waals surface area contributed by atoms with Crippen molar-refractivity contribution in [2.75, 3.05) is 6.54 Å². The molecule has 0 aliphatic rings. The van der Waals surface area contributed by atoms with Gasteiger partial charge in [0.25, 0.3) is 0 Å². The van der Waals surface area contributed by atoms with E-state index >= 15 is 0 Å². The van der Waals surface area contributed by atoms with E-state index in [1.165, 1.54) is 12.3 Å². The number of ether oxygens (including phenoxy) is 1. The van der Waals surface area contributed by atoms with Crippen LogP contribution < -0.4 is 15.5 Å². The van der Waals surface area contributed by atoms with Crippen molar-refractivity contribution in [2.45, 2.75) is 6.61 Å². The van der Waals surface area contributed by atoms with E-state index in [1.807, 2.05) is 0 Å². The van der Waals surface area contributed by atoms with Gasteiger partial charge in [-0.3, -0.25) is 9.59 Å². The van der Waals surface area contributed by atoms with Crippen molar-refractivity contribution in [2.24, 2.45) is 5.10 Å². The van der Waals surface area contributed by atoms with Crippen molar-refractivity contribution in [3.8, 4) is 5.75 Å². The van der Waals surface area contributed by atoms with E-state index in [0.29, 0.717) is 22.4 Å². The lowest BCUT2D eigenvalue weighted by Gasteiger charge is -2.08. The minimum Gasteiger partial charge on any atom is -0.489 e. The first kappa shape index (κ1) is 20.5. The minimum absolute atomic E-state index is 0.207. The molecular weight excluding hydrogens is 389 g/mol. The highest BCUT2D eigenvalue weighted by Crippen LogP contribution is 2.22. The Morgan fingerprint density at radius 2 is 1.85 bits per heavy atom. The third kappa shape index (κ3) is 6.77. The quantitative estimate of drug-likeness (QED) is 0.321. The number of nitrogens with zero attached hydrogens (tertiary/aromatic N) is 1. The topological polar surface area (TPSA) is 79.8 Å². The van der Waals surface area contributed by atoms with E-state index in [4.69, 9.17) is 27.9 Å². The minimum atomic E-state index is -0.854. The van der Waals surface area contributed by atoms with Crippen molar-refractivity contribution in [1.82, 2.24) is 10.7 Å². The van der Waals surface area contributed by atoms with Crippen LogP contribution in [-0.2, 0) is 16.2 Å². The standard InChI is InChI=1S/C19H17Cl2N3O3/c1-2-9-22-18(25)19(26)24-23-11-13-3-7-16(8-4-13)27-12-14-5-6-15(20)10-17(14)21/h2-8,10-11H,1,9,12H2,(H,22,25)(H,24,26)/b23-11-. The molecule has 2 aromatic carbocycles. The van der Waals surface area contributed by atoms with E-state index in [0.717, 1.165) is 11.1 Å². The monoisotopic (exact) mass is 405 g/mol. The van der Waals surface area contributed by atoms with Gasteiger partial charge in [-0.25, -0.2) is 5.43 Å². The van der Waals surface area contributed by atoms with Gasteiger partial charge in [-0.1, -0.05) is 35.3 Å². The third-order valence-corrected chi connectivity index (χ3v) is 3.87. The predicted octanol–water partition coefficient (Wildman–Crippen LogP) is 3.32. The van der Waals surface area contributed by atoms with Gasteiger partial charge in [-0.05, 0) is 42.0 Å².